The molecule has 0 radical (unpaired) electrons. The lowest BCUT2D eigenvalue weighted by Crippen LogP contribution is -2.15. The van der Waals surface area contributed by atoms with Crippen LogP contribution in [0.4, 0.5) is 17.1 Å². The zero-order chi connectivity index (χ0) is 47.9. The number of fused-ring (bicyclic) bond motifs is 9. The van der Waals surface area contributed by atoms with Gasteiger partial charge in [-0.1, -0.05) is 190 Å². The first-order valence-electron chi connectivity index (χ1n) is 24.9. The number of hydrogen-bond acceptors (Lipinski definition) is 2. The zero-order valence-corrected chi connectivity index (χ0v) is 40.1. The number of furan rings is 1. The number of benzene rings is 11. The Kier molecular flexibility index (Phi) is 9.56. The Morgan fingerprint density at radius 1 is 0.347 bits per heavy atom. The van der Waals surface area contributed by atoms with Crippen molar-refractivity contribution >= 4 is 60.8 Å². The standard InChI is InChI=1S/C69H48N2O/c1-69(2)60-40-38-48(43-59(60)56-39-37-49(44-61(56)69)54-30-17-34-64-67(54)57-28-10-13-33-63(57)71(64)50-23-7-4-8-24-50)53-27-9-12-32-62(53)70(51-25-15-21-46(41-51)45-19-5-3-6-20-45)52-26-16-22-47(42-52)55-31-18-36-66-68(55)58-29-11-14-35-65(58)72-66/h3-44H,1-2H3. The number of aromatic nitrogens is 1. The molecule has 340 valence electrons. The van der Waals surface area contributed by atoms with Gasteiger partial charge in [0.25, 0.3) is 0 Å². The minimum atomic E-state index is -0.210. The molecule has 0 fully saturated rings. The van der Waals surface area contributed by atoms with Gasteiger partial charge in [-0.2, -0.15) is 0 Å². The van der Waals surface area contributed by atoms with Crippen LogP contribution in [0.25, 0.3) is 105 Å². The van der Waals surface area contributed by atoms with E-state index in [0.717, 1.165) is 66.9 Å². The van der Waals surface area contributed by atoms with E-state index in [0.29, 0.717) is 0 Å². The van der Waals surface area contributed by atoms with Crippen molar-refractivity contribution in [1.29, 1.82) is 0 Å². The molecule has 0 aliphatic heterocycles. The molecular formula is C69H48N2O. The van der Waals surface area contributed by atoms with Crippen LogP contribution in [0, 0.1) is 0 Å². The topological polar surface area (TPSA) is 21.3 Å². The second kappa shape index (κ2) is 16.5. The van der Waals surface area contributed by atoms with Gasteiger partial charge in [-0.25, -0.2) is 0 Å². The molecular weight excluding hydrogens is 873 g/mol. The predicted octanol–water partition coefficient (Wildman–Crippen LogP) is 19.1. The van der Waals surface area contributed by atoms with Crippen molar-refractivity contribution in [2.45, 2.75) is 19.3 Å². The number of hydrogen-bond donors (Lipinski definition) is 0. The molecule has 11 aromatic carbocycles. The molecule has 0 saturated heterocycles. The summed E-state index contributed by atoms with van der Waals surface area (Å²) < 4.78 is 8.78. The van der Waals surface area contributed by atoms with E-state index in [9.17, 15) is 0 Å². The fraction of sp³-hybridized carbons (Fsp3) is 0.0435. The highest BCUT2D eigenvalue weighted by molar-refractivity contribution is 6.16. The SMILES string of the molecule is CC1(C)c2ccc(-c3ccccc3N(c3cccc(-c4ccccc4)c3)c3cccc(-c4cccc5oc6ccccc6c45)c3)cc2-c2ccc(-c3cccc4c3c3ccccc3n4-c3ccccc3)cc21. The van der Waals surface area contributed by atoms with Gasteiger partial charge >= 0.3 is 0 Å². The van der Waals surface area contributed by atoms with Gasteiger partial charge in [-0.3, -0.25) is 0 Å². The lowest BCUT2D eigenvalue weighted by molar-refractivity contribution is 0.660. The molecule has 2 heterocycles. The summed E-state index contributed by atoms with van der Waals surface area (Å²) in [7, 11) is 0. The lowest BCUT2D eigenvalue weighted by Gasteiger charge is -2.29. The Labute approximate surface area is 419 Å². The van der Waals surface area contributed by atoms with E-state index in [-0.39, 0.29) is 5.41 Å². The Balaban J connectivity index is 0.907. The molecule has 0 N–H and O–H groups in total. The van der Waals surface area contributed by atoms with Crippen molar-refractivity contribution in [3.8, 4) is 61.3 Å². The molecule has 13 aromatic rings. The molecule has 0 bridgehead atoms. The van der Waals surface area contributed by atoms with Crippen LogP contribution >= 0.6 is 0 Å². The average molecular weight is 921 g/mol. The van der Waals surface area contributed by atoms with E-state index in [2.05, 4.69) is 272 Å². The Bertz CT molecular complexity index is 4250. The monoisotopic (exact) mass is 920 g/mol. The van der Waals surface area contributed by atoms with Gasteiger partial charge in [0.15, 0.2) is 0 Å². The molecule has 3 heteroatoms. The summed E-state index contributed by atoms with van der Waals surface area (Å²) in [6.45, 7) is 4.77. The highest BCUT2D eigenvalue weighted by atomic mass is 16.3. The van der Waals surface area contributed by atoms with Crippen LogP contribution in [0.5, 0.6) is 0 Å². The van der Waals surface area contributed by atoms with Gasteiger partial charge in [0, 0.05) is 49.6 Å². The van der Waals surface area contributed by atoms with Crippen LogP contribution in [0.3, 0.4) is 0 Å². The molecule has 1 aliphatic rings. The molecule has 1 aliphatic carbocycles. The van der Waals surface area contributed by atoms with Crippen molar-refractivity contribution in [3.63, 3.8) is 0 Å². The van der Waals surface area contributed by atoms with E-state index in [1.807, 2.05) is 6.07 Å². The fourth-order valence-electron chi connectivity index (χ4n) is 11.8. The fourth-order valence-corrected chi connectivity index (χ4v) is 11.8. The summed E-state index contributed by atoms with van der Waals surface area (Å²) >= 11 is 0. The van der Waals surface area contributed by atoms with Crippen molar-refractivity contribution in [2.24, 2.45) is 0 Å². The quantitative estimate of drug-likeness (QED) is 0.151. The summed E-state index contributed by atoms with van der Waals surface area (Å²) in [5.41, 5.74) is 23.1. The highest BCUT2D eigenvalue weighted by Crippen LogP contribution is 2.53. The van der Waals surface area contributed by atoms with Crippen LogP contribution in [0.2, 0.25) is 0 Å². The normalized spacial score (nSPS) is 12.7. The van der Waals surface area contributed by atoms with Crippen LogP contribution in [0.1, 0.15) is 25.0 Å². The van der Waals surface area contributed by atoms with Crippen LogP contribution in [0.15, 0.2) is 259 Å². The second-order valence-corrected chi connectivity index (χ2v) is 19.6. The second-order valence-electron chi connectivity index (χ2n) is 19.6. The van der Waals surface area contributed by atoms with Crippen molar-refractivity contribution < 1.29 is 4.42 Å². The smallest absolute Gasteiger partial charge is 0.136 e. The van der Waals surface area contributed by atoms with E-state index >= 15 is 0 Å². The van der Waals surface area contributed by atoms with Crippen molar-refractivity contribution in [3.05, 3.63) is 266 Å². The van der Waals surface area contributed by atoms with E-state index < -0.39 is 0 Å². The maximum Gasteiger partial charge on any atom is 0.136 e. The number of para-hydroxylation sites is 4. The van der Waals surface area contributed by atoms with E-state index in [1.54, 1.807) is 0 Å². The van der Waals surface area contributed by atoms with Gasteiger partial charge in [0.05, 0.1) is 16.7 Å². The van der Waals surface area contributed by atoms with Gasteiger partial charge in [-0.05, 0) is 140 Å². The van der Waals surface area contributed by atoms with Crippen LogP contribution in [-0.4, -0.2) is 4.57 Å². The molecule has 3 nitrogen and oxygen atoms in total. The summed E-state index contributed by atoms with van der Waals surface area (Å²) in [5.74, 6) is 0. The van der Waals surface area contributed by atoms with Crippen molar-refractivity contribution in [1.82, 2.24) is 4.57 Å². The number of rotatable bonds is 8. The third-order valence-electron chi connectivity index (χ3n) is 15.2. The molecule has 14 rings (SSSR count). The number of nitrogens with zero attached hydrogens (tertiary/aromatic N) is 2. The van der Waals surface area contributed by atoms with E-state index in [1.165, 1.54) is 66.3 Å². The Morgan fingerprint density at radius 3 is 1.75 bits per heavy atom. The maximum atomic E-state index is 6.38. The first-order chi connectivity index (χ1) is 35.5. The minimum absolute atomic E-state index is 0.210. The molecule has 0 amide bonds. The summed E-state index contributed by atoms with van der Waals surface area (Å²) in [4.78, 5) is 2.44. The largest absolute Gasteiger partial charge is 0.456 e. The summed E-state index contributed by atoms with van der Waals surface area (Å²) in [6.07, 6.45) is 0. The van der Waals surface area contributed by atoms with Gasteiger partial charge in [-0.15, -0.1) is 0 Å². The predicted molar refractivity (Wildman–Crippen MR) is 302 cm³/mol. The third-order valence-corrected chi connectivity index (χ3v) is 15.2. The third kappa shape index (κ3) is 6.58. The molecule has 0 saturated carbocycles. The van der Waals surface area contributed by atoms with E-state index in [4.69, 9.17) is 4.42 Å². The molecule has 0 atom stereocenters. The molecule has 2 aromatic heterocycles. The van der Waals surface area contributed by atoms with Crippen LogP contribution in [-0.2, 0) is 5.41 Å². The van der Waals surface area contributed by atoms with Gasteiger partial charge in [0.2, 0.25) is 0 Å². The molecule has 72 heavy (non-hydrogen) atoms. The highest BCUT2D eigenvalue weighted by Gasteiger charge is 2.36. The zero-order valence-electron chi connectivity index (χ0n) is 40.1. The first kappa shape index (κ1) is 41.8. The van der Waals surface area contributed by atoms with Gasteiger partial charge in [0.1, 0.15) is 11.2 Å². The Morgan fingerprint density at radius 2 is 0.917 bits per heavy atom. The molecule has 0 unspecified atom stereocenters. The Hall–Kier alpha value is -9.18. The maximum absolute atomic E-state index is 6.38. The van der Waals surface area contributed by atoms with Crippen molar-refractivity contribution in [2.75, 3.05) is 4.90 Å². The summed E-state index contributed by atoms with van der Waals surface area (Å²) in [6, 6.07) is 92.9. The average Bonchev–Trinajstić information content (AvgIpc) is 4.07. The molecule has 0 spiro atoms. The van der Waals surface area contributed by atoms with Crippen LogP contribution < -0.4 is 4.90 Å². The lowest BCUT2D eigenvalue weighted by atomic mass is 9.81. The first-order valence-corrected chi connectivity index (χ1v) is 24.9. The summed E-state index contributed by atoms with van der Waals surface area (Å²) in [5, 5.41) is 4.79. The minimum Gasteiger partial charge on any atom is -0.456 e. The van der Waals surface area contributed by atoms with Gasteiger partial charge < -0.3 is 13.9 Å². The number of anilines is 3.